The zero-order valence-corrected chi connectivity index (χ0v) is 8.02. The molecule has 2 rings (SSSR count). The monoisotopic (exact) mass is 208 g/mol. The van der Waals surface area contributed by atoms with E-state index in [0.717, 1.165) is 25.7 Å². The highest BCUT2D eigenvalue weighted by Crippen LogP contribution is 2.47. The van der Waals surface area contributed by atoms with Gasteiger partial charge in [0.1, 0.15) is 0 Å². The highest BCUT2D eigenvalue weighted by molar-refractivity contribution is 7.52. The Kier molecular flexibility index (Phi) is 2.47. The molecule has 0 amide bonds. The van der Waals surface area contributed by atoms with Crippen molar-refractivity contribution >= 4 is 7.60 Å². The summed E-state index contributed by atoms with van der Waals surface area (Å²) in [4.78, 5) is 17.8. The lowest BCUT2D eigenvalue weighted by Gasteiger charge is -2.18. The first kappa shape index (κ1) is 9.62. The van der Waals surface area contributed by atoms with E-state index in [0.29, 0.717) is 0 Å². The van der Waals surface area contributed by atoms with Gasteiger partial charge in [0, 0.05) is 0 Å². The molecule has 0 saturated heterocycles. The smallest absolute Gasteiger partial charge is 0.339 e. The van der Waals surface area contributed by atoms with Gasteiger partial charge in [-0.25, -0.2) is 0 Å². The molecule has 5 nitrogen and oxygen atoms in total. The summed E-state index contributed by atoms with van der Waals surface area (Å²) in [6, 6.07) is -1.33. The Balaban J connectivity index is 1.87. The van der Waals surface area contributed by atoms with Crippen molar-refractivity contribution in [3.05, 3.63) is 0 Å². The van der Waals surface area contributed by atoms with Crippen LogP contribution in [0, 0.1) is 0 Å². The molecule has 2 fully saturated rings. The van der Waals surface area contributed by atoms with Crippen LogP contribution in [0.15, 0.2) is 0 Å². The van der Waals surface area contributed by atoms with Gasteiger partial charge < -0.3 is 19.3 Å². The predicted molar refractivity (Wildman–Crippen MR) is 44.0 cm³/mol. The third kappa shape index (κ3) is 3.04. The van der Waals surface area contributed by atoms with Crippen LogP contribution in [0.25, 0.3) is 0 Å². The van der Waals surface area contributed by atoms with Crippen LogP contribution >= 0.6 is 7.60 Å². The van der Waals surface area contributed by atoms with Crippen molar-refractivity contribution in [1.82, 2.24) is 0 Å². The summed E-state index contributed by atoms with van der Waals surface area (Å²) >= 11 is 0. The maximum absolute atomic E-state index is 10.9. The van der Waals surface area contributed by atoms with Gasteiger partial charge in [-0.05, 0) is 25.7 Å². The topological polar surface area (TPSA) is 76.0 Å². The average Bonchev–Trinajstić information content (AvgIpc) is 2.76. The Morgan fingerprint density at radius 3 is 1.69 bits per heavy atom. The summed E-state index contributed by atoms with van der Waals surface area (Å²) < 4.78 is 21.1. The Morgan fingerprint density at radius 2 is 1.46 bits per heavy atom. The number of hydrogen-bond acceptors (Lipinski definition) is 3. The highest BCUT2D eigenvalue weighted by atomic mass is 31.2. The van der Waals surface area contributed by atoms with E-state index in [-0.39, 0.29) is 12.2 Å². The minimum absolute atomic E-state index is 0.00336. The third-order valence-electron chi connectivity index (χ3n) is 1.94. The molecule has 0 atom stereocenters. The van der Waals surface area contributed by atoms with Gasteiger partial charge in [-0.15, -0.1) is 0 Å². The zero-order chi connectivity index (χ0) is 9.47. The molecule has 0 aliphatic heterocycles. The normalized spacial score (nSPS) is 23.9. The first-order chi connectivity index (χ1) is 6.05. The van der Waals surface area contributed by atoms with Crippen LogP contribution in [0.3, 0.4) is 0 Å². The van der Waals surface area contributed by atoms with Crippen LogP contribution < -0.4 is 0 Å². The standard InChI is InChI=1S/C7H13O5P/c8-13(9,10)7(11-5-1-2-5)12-6-3-4-6/h5-7H,1-4H2,(H2,8,9,10). The van der Waals surface area contributed by atoms with Gasteiger partial charge in [0.2, 0.25) is 0 Å². The second kappa shape index (κ2) is 3.33. The van der Waals surface area contributed by atoms with Crippen molar-refractivity contribution in [3.8, 4) is 0 Å². The van der Waals surface area contributed by atoms with Gasteiger partial charge in [-0.2, -0.15) is 0 Å². The molecular formula is C7H13O5P. The van der Waals surface area contributed by atoms with Crippen LogP contribution in [0.4, 0.5) is 0 Å². The van der Waals surface area contributed by atoms with Crippen LogP contribution in [-0.4, -0.2) is 28.0 Å². The van der Waals surface area contributed by atoms with E-state index in [4.69, 9.17) is 19.3 Å². The average molecular weight is 208 g/mol. The Hall–Kier alpha value is 0.0700. The van der Waals surface area contributed by atoms with Crippen molar-refractivity contribution < 1.29 is 23.8 Å². The summed E-state index contributed by atoms with van der Waals surface area (Å²) in [5.41, 5.74) is 0. The number of hydrogen-bond donors (Lipinski definition) is 2. The SMILES string of the molecule is O=P(O)(O)C(OC1CC1)OC1CC1. The van der Waals surface area contributed by atoms with Gasteiger partial charge in [0.25, 0.3) is 6.03 Å². The zero-order valence-electron chi connectivity index (χ0n) is 7.13. The van der Waals surface area contributed by atoms with Crippen molar-refractivity contribution in [2.45, 2.75) is 43.9 Å². The molecule has 2 aliphatic rings. The largest absolute Gasteiger partial charge is 0.381 e. The van der Waals surface area contributed by atoms with E-state index < -0.39 is 13.6 Å². The minimum Gasteiger partial charge on any atom is -0.339 e. The summed E-state index contributed by atoms with van der Waals surface area (Å²) in [6.45, 7) is 0. The van der Waals surface area contributed by atoms with Crippen LogP contribution in [0.1, 0.15) is 25.7 Å². The molecule has 0 spiro atoms. The first-order valence-electron chi connectivity index (χ1n) is 4.42. The molecule has 0 unspecified atom stereocenters. The van der Waals surface area contributed by atoms with E-state index >= 15 is 0 Å². The van der Waals surface area contributed by atoms with E-state index in [1.165, 1.54) is 0 Å². The van der Waals surface area contributed by atoms with Crippen LogP contribution in [0.2, 0.25) is 0 Å². The predicted octanol–water partition coefficient (Wildman–Crippen LogP) is 0.806. The molecule has 2 aliphatic carbocycles. The Morgan fingerprint density at radius 1 is 1.08 bits per heavy atom. The maximum Gasteiger partial charge on any atom is 0.381 e. The fourth-order valence-corrected chi connectivity index (χ4v) is 1.59. The quantitative estimate of drug-likeness (QED) is 0.516. The van der Waals surface area contributed by atoms with E-state index in [9.17, 15) is 4.57 Å². The third-order valence-corrected chi connectivity index (χ3v) is 2.73. The van der Waals surface area contributed by atoms with E-state index in [1.54, 1.807) is 0 Å². The molecule has 0 radical (unpaired) electrons. The Labute approximate surface area is 76.2 Å². The fraction of sp³-hybridized carbons (Fsp3) is 1.00. The molecule has 0 heterocycles. The number of rotatable bonds is 5. The van der Waals surface area contributed by atoms with Gasteiger partial charge in [-0.1, -0.05) is 0 Å². The summed E-state index contributed by atoms with van der Waals surface area (Å²) in [5, 5.41) is 0. The van der Waals surface area contributed by atoms with Gasteiger partial charge >= 0.3 is 7.60 Å². The van der Waals surface area contributed by atoms with Crippen LogP contribution in [0.5, 0.6) is 0 Å². The van der Waals surface area contributed by atoms with Crippen molar-refractivity contribution in [3.63, 3.8) is 0 Å². The number of ether oxygens (including phenoxy) is 2. The van der Waals surface area contributed by atoms with Crippen molar-refractivity contribution in [2.24, 2.45) is 0 Å². The minimum atomic E-state index is -4.25. The summed E-state index contributed by atoms with van der Waals surface area (Å²) in [7, 11) is -4.25. The lowest BCUT2D eigenvalue weighted by molar-refractivity contribution is -0.115. The highest BCUT2D eigenvalue weighted by Gasteiger charge is 2.40. The second-order valence-corrected chi connectivity index (χ2v) is 5.17. The maximum atomic E-state index is 10.9. The summed E-state index contributed by atoms with van der Waals surface area (Å²) in [6.07, 6.45) is 3.51. The van der Waals surface area contributed by atoms with Gasteiger partial charge in [0.05, 0.1) is 12.2 Å². The molecule has 0 aromatic rings. The van der Waals surface area contributed by atoms with Crippen molar-refractivity contribution in [2.75, 3.05) is 0 Å². The van der Waals surface area contributed by atoms with Crippen molar-refractivity contribution in [1.29, 1.82) is 0 Å². The fourth-order valence-electron chi connectivity index (χ4n) is 0.928. The molecule has 0 aromatic carbocycles. The molecule has 6 heteroatoms. The molecule has 2 saturated carbocycles. The molecule has 2 N–H and O–H groups in total. The van der Waals surface area contributed by atoms with E-state index in [1.807, 2.05) is 0 Å². The molecule has 13 heavy (non-hydrogen) atoms. The first-order valence-corrected chi connectivity index (χ1v) is 6.10. The molecule has 0 bridgehead atoms. The molecular weight excluding hydrogens is 195 g/mol. The van der Waals surface area contributed by atoms with Gasteiger partial charge in [0.15, 0.2) is 0 Å². The van der Waals surface area contributed by atoms with Gasteiger partial charge in [-0.3, -0.25) is 4.57 Å². The van der Waals surface area contributed by atoms with E-state index in [2.05, 4.69) is 0 Å². The lowest BCUT2D eigenvalue weighted by Crippen LogP contribution is -2.19. The Bertz CT molecular complexity index is 215. The second-order valence-electron chi connectivity index (χ2n) is 3.57. The molecule has 76 valence electrons. The lowest BCUT2D eigenvalue weighted by atomic mass is 10.8. The van der Waals surface area contributed by atoms with Crippen LogP contribution in [-0.2, 0) is 14.0 Å². The summed E-state index contributed by atoms with van der Waals surface area (Å²) in [5.74, 6) is 0. The molecule has 0 aromatic heterocycles.